The molecule has 3 amide bonds. The summed E-state index contributed by atoms with van der Waals surface area (Å²) in [5, 5.41) is 14.2. The SMILES string of the molecule is CC(C)S(=O)(=O)c1ccc(-c2cnc3[nH]cc(C(=O)N4CCC(O)C4)c3n2)cc1.CC(C)S(=O)(=O)c1ccc(-c2cnc3[nH]cc(C(=O)NCC4CCC4)c3n2)cc1.CC(C)S(=O)(=O)c1ccc(-c2cnc3[nH]cc(C(=O)NCC4CCCC4)c3n2)cc1. The molecule has 462 valence electrons. The fourth-order valence-corrected chi connectivity index (χ4v) is 13.7. The van der Waals surface area contributed by atoms with Crippen molar-refractivity contribution in [3.63, 3.8) is 0 Å². The number of aliphatic hydroxyl groups is 1. The van der Waals surface area contributed by atoms with E-state index in [1.807, 2.05) is 0 Å². The number of likely N-dealkylation sites (tertiary alicyclic amines) is 1. The van der Waals surface area contributed by atoms with E-state index >= 15 is 0 Å². The molecule has 0 spiro atoms. The second-order valence-corrected chi connectivity index (χ2v) is 30.9. The van der Waals surface area contributed by atoms with Crippen LogP contribution < -0.4 is 10.6 Å². The van der Waals surface area contributed by atoms with E-state index in [1.165, 1.54) is 44.9 Å². The molecule has 1 aliphatic heterocycles. The van der Waals surface area contributed by atoms with Gasteiger partial charge in [0.2, 0.25) is 0 Å². The van der Waals surface area contributed by atoms with E-state index in [0.29, 0.717) is 117 Å². The van der Waals surface area contributed by atoms with Gasteiger partial charge in [0.15, 0.2) is 46.5 Å². The lowest BCUT2D eigenvalue weighted by Crippen LogP contribution is -2.32. The van der Waals surface area contributed by atoms with Crippen molar-refractivity contribution < 1.29 is 44.7 Å². The van der Waals surface area contributed by atoms with E-state index in [1.54, 1.807) is 156 Å². The zero-order chi connectivity index (χ0) is 62.7. The number of sulfone groups is 3. The van der Waals surface area contributed by atoms with Crippen LogP contribution >= 0.6 is 0 Å². The van der Waals surface area contributed by atoms with E-state index < -0.39 is 51.4 Å². The Bertz CT molecular complexity index is 4360. The third-order valence-corrected chi connectivity index (χ3v) is 22.9. The van der Waals surface area contributed by atoms with Gasteiger partial charge in [0, 0.05) is 61.5 Å². The predicted molar refractivity (Wildman–Crippen MR) is 335 cm³/mol. The Kier molecular flexibility index (Phi) is 18.7. The van der Waals surface area contributed by atoms with Gasteiger partial charge in [0.1, 0.15) is 16.6 Å². The highest BCUT2D eigenvalue weighted by Gasteiger charge is 2.29. The molecule has 1 unspecified atom stereocenters. The fraction of sp³-hybridized carbons (Fsp3) is 0.381. The number of rotatable bonds is 16. The lowest BCUT2D eigenvalue weighted by atomic mass is 9.85. The number of carbonyl (C=O) groups excluding carboxylic acids is 3. The van der Waals surface area contributed by atoms with Crippen LogP contribution in [0.5, 0.6) is 0 Å². The monoisotopic (exact) mass is 1250 g/mol. The molecule has 7 heterocycles. The van der Waals surface area contributed by atoms with Crippen LogP contribution in [0, 0.1) is 11.8 Å². The van der Waals surface area contributed by atoms with Crippen molar-refractivity contribution in [3.05, 3.63) is 127 Å². The van der Waals surface area contributed by atoms with Crippen LogP contribution in [-0.4, -0.2) is 146 Å². The van der Waals surface area contributed by atoms with Gasteiger partial charge in [-0.15, -0.1) is 0 Å². The minimum Gasteiger partial charge on any atom is -0.391 e. The number of nitrogens with one attached hydrogen (secondary N) is 5. The molecule has 25 heteroatoms. The Morgan fingerprint density at radius 1 is 0.500 bits per heavy atom. The first kappa shape index (κ1) is 62.8. The van der Waals surface area contributed by atoms with Crippen LogP contribution in [0.25, 0.3) is 67.3 Å². The molecule has 12 rings (SSSR count). The average Bonchev–Trinajstić information content (AvgIpc) is 1.94. The lowest BCUT2D eigenvalue weighted by Gasteiger charge is -2.25. The highest BCUT2D eigenvalue weighted by atomic mass is 32.2. The van der Waals surface area contributed by atoms with Gasteiger partial charge in [-0.2, -0.15) is 0 Å². The van der Waals surface area contributed by atoms with Gasteiger partial charge >= 0.3 is 0 Å². The van der Waals surface area contributed by atoms with Gasteiger partial charge in [-0.1, -0.05) is 55.7 Å². The molecule has 3 fully saturated rings. The van der Waals surface area contributed by atoms with Gasteiger partial charge in [-0.25, -0.2) is 55.2 Å². The van der Waals surface area contributed by atoms with Gasteiger partial charge in [-0.3, -0.25) is 14.4 Å². The molecule has 6 N–H and O–H groups in total. The van der Waals surface area contributed by atoms with Crippen LogP contribution in [0.2, 0.25) is 0 Å². The number of H-pyrrole nitrogens is 3. The number of nitrogens with zero attached hydrogens (tertiary/aromatic N) is 7. The molecule has 2 aliphatic carbocycles. The van der Waals surface area contributed by atoms with Gasteiger partial charge < -0.3 is 35.6 Å². The highest BCUT2D eigenvalue weighted by molar-refractivity contribution is 7.92. The number of fused-ring (bicyclic) bond motifs is 3. The predicted octanol–water partition coefficient (Wildman–Crippen LogP) is 9.08. The van der Waals surface area contributed by atoms with Crippen LogP contribution in [-0.2, 0) is 29.5 Å². The average molecular weight is 1250 g/mol. The summed E-state index contributed by atoms with van der Waals surface area (Å²) in [6.45, 7) is 12.1. The van der Waals surface area contributed by atoms with E-state index in [4.69, 9.17) is 0 Å². The minimum absolute atomic E-state index is 0.155. The van der Waals surface area contributed by atoms with Crippen LogP contribution in [0.3, 0.4) is 0 Å². The lowest BCUT2D eigenvalue weighted by molar-refractivity contribution is 0.0766. The number of hydrogen-bond acceptors (Lipinski definition) is 16. The first-order valence-electron chi connectivity index (χ1n) is 29.6. The van der Waals surface area contributed by atoms with Crippen molar-refractivity contribution in [1.29, 1.82) is 0 Å². The normalized spacial score (nSPS) is 15.8. The number of aromatic amines is 3. The third-order valence-electron chi connectivity index (χ3n) is 16.4. The first-order chi connectivity index (χ1) is 42.0. The summed E-state index contributed by atoms with van der Waals surface area (Å²) in [7, 11) is -10.00. The molecule has 22 nitrogen and oxygen atoms in total. The summed E-state index contributed by atoms with van der Waals surface area (Å²) < 4.78 is 73.8. The molecule has 0 radical (unpaired) electrons. The molecular weight excluding hydrogens is 1180 g/mol. The Hall–Kier alpha value is -8.26. The van der Waals surface area contributed by atoms with Crippen molar-refractivity contribution in [2.75, 3.05) is 26.2 Å². The van der Waals surface area contributed by atoms with Crippen LogP contribution in [0.15, 0.2) is 125 Å². The molecule has 6 aromatic heterocycles. The summed E-state index contributed by atoms with van der Waals surface area (Å²) in [5.74, 6) is 0.622. The smallest absolute Gasteiger partial charge is 0.257 e. The molecule has 1 atom stereocenters. The van der Waals surface area contributed by atoms with E-state index in [9.17, 15) is 44.7 Å². The van der Waals surface area contributed by atoms with Crippen LogP contribution in [0.4, 0.5) is 0 Å². The zero-order valence-corrected chi connectivity index (χ0v) is 52.3. The molecule has 0 bridgehead atoms. The fourth-order valence-electron chi connectivity index (χ4n) is 10.5. The number of β-amino-alcohol motifs (C(OH)–C–C–N with tert-alkyl or cyclic N) is 1. The number of aromatic nitrogens is 9. The maximum atomic E-state index is 12.8. The molecule has 2 saturated carbocycles. The quantitative estimate of drug-likeness (QED) is 0.0525. The van der Waals surface area contributed by atoms with E-state index in [0.717, 1.165) is 11.1 Å². The maximum absolute atomic E-state index is 12.8. The molecule has 88 heavy (non-hydrogen) atoms. The second kappa shape index (κ2) is 26.2. The summed E-state index contributed by atoms with van der Waals surface area (Å²) in [6.07, 6.45) is 18.1. The third kappa shape index (κ3) is 13.6. The summed E-state index contributed by atoms with van der Waals surface area (Å²) in [6, 6.07) is 19.7. The number of hydrogen-bond donors (Lipinski definition) is 6. The Balaban J connectivity index is 0.000000146. The van der Waals surface area contributed by atoms with Crippen molar-refractivity contribution in [2.45, 2.75) is 129 Å². The van der Waals surface area contributed by atoms with Crippen molar-refractivity contribution in [1.82, 2.24) is 60.4 Å². The minimum atomic E-state index is -3.35. The molecule has 1 saturated heterocycles. The van der Waals surface area contributed by atoms with Gasteiger partial charge in [0.05, 0.1) is 88.9 Å². The first-order valence-corrected chi connectivity index (χ1v) is 34.2. The van der Waals surface area contributed by atoms with Crippen molar-refractivity contribution >= 4 is 80.7 Å². The largest absolute Gasteiger partial charge is 0.391 e. The maximum Gasteiger partial charge on any atom is 0.257 e. The standard InChI is InChI=1S/C22H26N4O3S.C21H24N4O3S.C20H22N4O4S/c1-14(2)30(28,29)17-9-7-16(8-10-17)19-13-24-21-20(26-19)18(12-23-21)22(27)25-11-15-5-3-4-6-15;1-13(2)29(27,28)16-8-6-15(7-9-16)18-12-23-20-19(25-18)17(11-22-20)21(26)24-10-14-4-3-5-14;1-12(2)29(27,28)15-5-3-13(4-6-15)17-10-22-19-18(23-17)16(9-21-19)20(26)24-8-7-14(25)11-24/h7-10,12-15H,3-6,11H2,1-2H3,(H,23,24)(H,25,27);6-9,11-14H,3-5,10H2,1-2H3,(H,22,23)(H,24,26);3-6,9-10,12,14,25H,7-8,11H2,1-2H3,(H,21,22). The Morgan fingerprint density at radius 3 is 1.14 bits per heavy atom. The Morgan fingerprint density at radius 2 is 0.830 bits per heavy atom. The van der Waals surface area contributed by atoms with Gasteiger partial charge in [0.25, 0.3) is 17.7 Å². The number of amides is 3. The molecular formula is C63H72N12O10S3. The number of aliphatic hydroxyl groups excluding tert-OH is 1. The number of benzene rings is 3. The highest BCUT2D eigenvalue weighted by Crippen LogP contribution is 2.30. The topological polar surface area (TPSA) is 326 Å². The summed E-state index contributed by atoms with van der Waals surface area (Å²) in [4.78, 5) is 76.3. The van der Waals surface area contributed by atoms with Gasteiger partial charge in [-0.05, 0) is 122 Å². The molecule has 3 aliphatic rings. The zero-order valence-electron chi connectivity index (χ0n) is 49.8. The molecule has 9 aromatic rings. The van der Waals surface area contributed by atoms with E-state index in [-0.39, 0.29) is 32.4 Å². The van der Waals surface area contributed by atoms with E-state index in [2.05, 4.69) is 55.5 Å². The van der Waals surface area contributed by atoms with Crippen LogP contribution in [0.1, 0.15) is 124 Å². The Labute approximate surface area is 511 Å². The summed E-state index contributed by atoms with van der Waals surface area (Å²) in [5.41, 5.74) is 8.29. The number of carbonyl (C=O) groups is 3. The summed E-state index contributed by atoms with van der Waals surface area (Å²) >= 11 is 0. The van der Waals surface area contributed by atoms with Crippen molar-refractivity contribution in [2.24, 2.45) is 11.8 Å². The van der Waals surface area contributed by atoms with Crippen molar-refractivity contribution in [3.8, 4) is 33.8 Å². The second-order valence-electron chi connectivity index (χ2n) is 23.4. The molecule has 3 aromatic carbocycles.